The standard InChI is InChI=1S/C18H23F3N4O2/c1-13(26)23-6-4-14(5-7-23)17(27)25-10-8-24(9-11-25)16-3-2-15(12-22-16)18(19,20)21/h2-3,12,14H,4-11H2,1H3. The van der Waals surface area contributed by atoms with Crippen LogP contribution in [-0.2, 0) is 15.8 Å². The largest absolute Gasteiger partial charge is 0.417 e. The van der Waals surface area contributed by atoms with Crippen LogP contribution in [0.15, 0.2) is 18.3 Å². The van der Waals surface area contributed by atoms with Gasteiger partial charge in [-0.3, -0.25) is 9.59 Å². The van der Waals surface area contributed by atoms with Gasteiger partial charge >= 0.3 is 6.18 Å². The van der Waals surface area contributed by atoms with Crippen molar-refractivity contribution >= 4 is 17.6 Å². The quantitative estimate of drug-likeness (QED) is 0.783. The molecule has 2 saturated heterocycles. The van der Waals surface area contributed by atoms with E-state index in [1.807, 2.05) is 9.80 Å². The number of carbonyl (C=O) groups excluding carboxylic acids is 2. The Bertz CT molecular complexity index is 677. The number of piperazine rings is 1. The van der Waals surface area contributed by atoms with E-state index in [9.17, 15) is 22.8 Å². The summed E-state index contributed by atoms with van der Waals surface area (Å²) in [6.07, 6.45) is -2.19. The number of amides is 2. The first-order valence-electron chi connectivity index (χ1n) is 9.08. The van der Waals surface area contributed by atoms with E-state index >= 15 is 0 Å². The number of rotatable bonds is 2. The van der Waals surface area contributed by atoms with Gasteiger partial charge in [-0.25, -0.2) is 4.98 Å². The van der Waals surface area contributed by atoms with Crippen molar-refractivity contribution in [1.82, 2.24) is 14.8 Å². The van der Waals surface area contributed by atoms with Crippen molar-refractivity contribution in [3.05, 3.63) is 23.9 Å². The van der Waals surface area contributed by atoms with Crippen LogP contribution < -0.4 is 4.90 Å². The van der Waals surface area contributed by atoms with Gasteiger partial charge in [0.25, 0.3) is 0 Å². The van der Waals surface area contributed by atoms with E-state index in [-0.39, 0.29) is 17.7 Å². The average molecular weight is 384 g/mol. The maximum absolute atomic E-state index is 12.7. The molecule has 1 aromatic rings. The Hall–Kier alpha value is -2.32. The van der Waals surface area contributed by atoms with E-state index in [0.717, 1.165) is 12.3 Å². The van der Waals surface area contributed by atoms with Crippen LogP contribution in [0.4, 0.5) is 19.0 Å². The first-order valence-corrected chi connectivity index (χ1v) is 9.08. The molecule has 2 aliphatic heterocycles. The molecule has 9 heteroatoms. The number of aromatic nitrogens is 1. The first kappa shape index (κ1) is 19.4. The third kappa shape index (κ3) is 4.51. The van der Waals surface area contributed by atoms with Crippen LogP contribution in [0.5, 0.6) is 0 Å². The lowest BCUT2D eigenvalue weighted by Gasteiger charge is -2.38. The summed E-state index contributed by atoms with van der Waals surface area (Å²) in [4.78, 5) is 33.5. The number of alkyl halides is 3. The lowest BCUT2D eigenvalue weighted by atomic mass is 9.95. The van der Waals surface area contributed by atoms with Crippen molar-refractivity contribution in [1.29, 1.82) is 0 Å². The summed E-state index contributed by atoms with van der Waals surface area (Å²) < 4.78 is 37.9. The molecule has 6 nitrogen and oxygen atoms in total. The third-order valence-corrected chi connectivity index (χ3v) is 5.28. The zero-order valence-electron chi connectivity index (χ0n) is 15.2. The van der Waals surface area contributed by atoms with Crippen molar-refractivity contribution in [2.24, 2.45) is 5.92 Å². The van der Waals surface area contributed by atoms with Gasteiger partial charge in [0.15, 0.2) is 0 Å². The summed E-state index contributed by atoms with van der Waals surface area (Å²) in [7, 11) is 0. The fourth-order valence-electron chi connectivity index (χ4n) is 3.60. The number of piperidine rings is 1. The summed E-state index contributed by atoms with van der Waals surface area (Å²) in [5.74, 6) is 0.581. The average Bonchev–Trinajstić information content (AvgIpc) is 2.67. The molecule has 3 heterocycles. The molecule has 3 rings (SSSR count). The van der Waals surface area contributed by atoms with Gasteiger partial charge in [0.05, 0.1) is 5.56 Å². The van der Waals surface area contributed by atoms with Gasteiger partial charge in [0, 0.05) is 58.3 Å². The lowest BCUT2D eigenvalue weighted by Crippen LogP contribution is -2.52. The second kappa shape index (κ2) is 7.74. The molecule has 0 spiro atoms. The van der Waals surface area contributed by atoms with E-state index in [0.29, 0.717) is 57.9 Å². The predicted octanol–water partition coefficient (Wildman–Crippen LogP) is 2.01. The minimum atomic E-state index is -4.39. The summed E-state index contributed by atoms with van der Waals surface area (Å²) in [5.41, 5.74) is -0.767. The summed E-state index contributed by atoms with van der Waals surface area (Å²) in [6.45, 7) is 4.88. The van der Waals surface area contributed by atoms with Crippen molar-refractivity contribution in [3.63, 3.8) is 0 Å². The van der Waals surface area contributed by atoms with Gasteiger partial charge in [-0.1, -0.05) is 0 Å². The molecule has 0 radical (unpaired) electrons. The Kier molecular flexibility index (Phi) is 5.57. The van der Waals surface area contributed by atoms with Crippen LogP contribution in [0, 0.1) is 5.92 Å². The molecule has 2 aliphatic rings. The lowest BCUT2D eigenvalue weighted by molar-refractivity contribution is -0.140. The second-order valence-electron chi connectivity index (χ2n) is 7.00. The molecule has 1 aromatic heterocycles. The molecule has 0 bridgehead atoms. The molecule has 27 heavy (non-hydrogen) atoms. The van der Waals surface area contributed by atoms with Gasteiger partial charge in [-0.05, 0) is 25.0 Å². The monoisotopic (exact) mass is 384 g/mol. The molecular weight excluding hydrogens is 361 g/mol. The number of halogens is 3. The highest BCUT2D eigenvalue weighted by Crippen LogP contribution is 2.29. The summed E-state index contributed by atoms with van der Waals surface area (Å²) in [6, 6.07) is 2.40. The van der Waals surface area contributed by atoms with Gasteiger partial charge in [-0.2, -0.15) is 13.2 Å². The first-order chi connectivity index (χ1) is 12.8. The minimum Gasteiger partial charge on any atom is -0.353 e. The van der Waals surface area contributed by atoms with Gasteiger partial charge in [0.1, 0.15) is 5.82 Å². The molecule has 2 amide bonds. The van der Waals surface area contributed by atoms with Crippen LogP contribution in [0.25, 0.3) is 0 Å². The third-order valence-electron chi connectivity index (χ3n) is 5.28. The molecule has 0 atom stereocenters. The maximum atomic E-state index is 12.7. The smallest absolute Gasteiger partial charge is 0.353 e. The van der Waals surface area contributed by atoms with Crippen molar-refractivity contribution < 1.29 is 22.8 Å². The van der Waals surface area contributed by atoms with E-state index in [4.69, 9.17) is 0 Å². The Labute approximate surface area is 155 Å². The molecule has 0 N–H and O–H groups in total. The number of anilines is 1. The van der Waals surface area contributed by atoms with Crippen molar-refractivity contribution in [2.75, 3.05) is 44.2 Å². The second-order valence-corrected chi connectivity index (χ2v) is 7.00. The number of hydrogen-bond acceptors (Lipinski definition) is 4. The summed E-state index contributed by atoms with van der Waals surface area (Å²) in [5, 5.41) is 0. The minimum absolute atomic E-state index is 0.0403. The highest BCUT2D eigenvalue weighted by atomic mass is 19.4. The SMILES string of the molecule is CC(=O)N1CCC(C(=O)N2CCN(c3ccc(C(F)(F)F)cn3)CC2)CC1. The topological polar surface area (TPSA) is 56.8 Å². The number of pyridine rings is 1. The van der Waals surface area contributed by atoms with Crippen LogP contribution in [0.3, 0.4) is 0 Å². The zero-order chi connectivity index (χ0) is 19.6. The van der Waals surface area contributed by atoms with Crippen LogP contribution in [0.2, 0.25) is 0 Å². The molecule has 2 fully saturated rings. The highest BCUT2D eigenvalue weighted by Gasteiger charge is 2.32. The number of nitrogens with zero attached hydrogens (tertiary/aromatic N) is 4. The molecule has 0 saturated carbocycles. The molecule has 148 valence electrons. The molecular formula is C18H23F3N4O2. The molecule has 0 unspecified atom stereocenters. The van der Waals surface area contributed by atoms with E-state index < -0.39 is 11.7 Å². The van der Waals surface area contributed by atoms with Gasteiger partial charge in [-0.15, -0.1) is 0 Å². The Balaban J connectivity index is 1.51. The maximum Gasteiger partial charge on any atom is 0.417 e. The zero-order valence-corrected chi connectivity index (χ0v) is 15.2. The van der Waals surface area contributed by atoms with E-state index in [2.05, 4.69) is 4.98 Å². The molecule has 0 aromatic carbocycles. The van der Waals surface area contributed by atoms with Crippen molar-refractivity contribution in [3.8, 4) is 0 Å². The highest BCUT2D eigenvalue weighted by molar-refractivity contribution is 5.80. The van der Waals surface area contributed by atoms with Gasteiger partial charge in [0.2, 0.25) is 11.8 Å². The Morgan fingerprint density at radius 1 is 1.00 bits per heavy atom. The molecule has 0 aliphatic carbocycles. The fraction of sp³-hybridized carbons (Fsp3) is 0.611. The fourth-order valence-corrected chi connectivity index (χ4v) is 3.60. The normalized spacial score (nSPS) is 19.3. The Morgan fingerprint density at radius 3 is 2.11 bits per heavy atom. The Morgan fingerprint density at radius 2 is 1.63 bits per heavy atom. The van der Waals surface area contributed by atoms with Crippen LogP contribution in [-0.4, -0.2) is 65.9 Å². The van der Waals surface area contributed by atoms with E-state index in [1.165, 1.54) is 13.0 Å². The summed E-state index contributed by atoms with van der Waals surface area (Å²) >= 11 is 0. The number of likely N-dealkylation sites (tertiary alicyclic amines) is 1. The van der Waals surface area contributed by atoms with Crippen LogP contribution >= 0.6 is 0 Å². The predicted molar refractivity (Wildman–Crippen MR) is 93.0 cm³/mol. The van der Waals surface area contributed by atoms with Gasteiger partial charge < -0.3 is 14.7 Å². The van der Waals surface area contributed by atoms with Crippen molar-refractivity contribution in [2.45, 2.75) is 25.9 Å². The number of hydrogen-bond donors (Lipinski definition) is 0. The number of carbonyl (C=O) groups is 2. The van der Waals surface area contributed by atoms with E-state index in [1.54, 1.807) is 4.90 Å². The van der Waals surface area contributed by atoms with Crippen LogP contribution in [0.1, 0.15) is 25.3 Å².